The zero-order valence-electron chi connectivity index (χ0n) is 10.6. The number of nitrogens with two attached hydrogens (primary N) is 1. The summed E-state index contributed by atoms with van der Waals surface area (Å²) in [6.45, 7) is 0. The van der Waals surface area contributed by atoms with E-state index in [0.29, 0.717) is 0 Å². The molecule has 0 radical (unpaired) electrons. The fourth-order valence-corrected chi connectivity index (χ4v) is 2.73. The molecule has 0 fully saturated rings. The number of hydrogen-bond acceptors (Lipinski definition) is 2. The molecule has 20 heavy (non-hydrogen) atoms. The first kappa shape index (κ1) is 13.2. The van der Waals surface area contributed by atoms with Gasteiger partial charge in [-0.1, -0.05) is 30.3 Å². The van der Waals surface area contributed by atoms with E-state index in [2.05, 4.69) is 20.9 Å². The minimum atomic E-state index is -0.394. The zero-order chi connectivity index (χ0) is 14.1. The predicted octanol–water partition coefficient (Wildman–Crippen LogP) is 4.18. The second-order valence-electron chi connectivity index (χ2n) is 4.58. The zero-order valence-corrected chi connectivity index (χ0v) is 12.1. The maximum absolute atomic E-state index is 13.0. The van der Waals surface area contributed by atoms with E-state index >= 15 is 0 Å². The summed E-state index contributed by atoms with van der Waals surface area (Å²) >= 11 is 3.51. The van der Waals surface area contributed by atoms with Crippen LogP contribution in [-0.4, -0.2) is 4.98 Å². The van der Waals surface area contributed by atoms with Crippen LogP contribution in [0.5, 0.6) is 0 Å². The molecule has 0 saturated heterocycles. The molecule has 0 amide bonds. The number of fused-ring (bicyclic) bond motifs is 1. The van der Waals surface area contributed by atoms with Gasteiger partial charge in [0.1, 0.15) is 5.82 Å². The smallest absolute Gasteiger partial charge is 0.123 e. The van der Waals surface area contributed by atoms with Gasteiger partial charge in [-0.15, -0.1) is 0 Å². The van der Waals surface area contributed by atoms with E-state index < -0.39 is 6.04 Å². The lowest BCUT2D eigenvalue weighted by atomic mass is 10.0. The first-order chi connectivity index (χ1) is 9.65. The van der Waals surface area contributed by atoms with Crippen LogP contribution in [0, 0.1) is 5.82 Å². The Morgan fingerprint density at radius 3 is 2.50 bits per heavy atom. The number of nitrogens with zero attached hydrogens (tertiary/aromatic N) is 1. The van der Waals surface area contributed by atoms with Crippen molar-refractivity contribution in [2.24, 2.45) is 5.73 Å². The summed E-state index contributed by atoms with van der Waals surface area (Å²) in [5, 5.41) is 1.05. The molecule has 3 aromatic rings. The Labute approximate surface area is 124 Å². The Hall–Kier alpha value is -1.78. The number of benzene rings is 2. The van der Waals surface area contributed by atoms with Crippen LogP contribution in [0.15, 0.2) is 59.1 Å². The van der Waals surface area contributed by atoms with Crippen LogP contribution in [0.3, 0.4) is 0 Å². The van der Waals surface area contributed by atoms with Crippen molar-refractivity contribution in [3.8, 4) is 0 Å². The third-order valence-corrected chi connectivity index (χ3v) is 3.86. The first-order valence-corrected chi connectivity index (χ1v) is 7.00. The van der Waals surface area contributed by atoms with Gasteiger partial charge in [-0.2, -0.15) is 0 Å². The standard InChI is InChI=1S/C16H12BrFN2/c17-13-9-11-3-1-2-4-14(11)20-16(13)15(19)10-5-7-12(18)8-6-10/h1-9,15H,19H2. The highest BCUT2D eigenvalue weighted by Gasteiger charge is 2.15. The lowest BCUT2D eigenvalue weighted by molar-refractivity contribution is 0.626. The Morgan fingerprint density at radius 1 is 1.05 bits per heavy atom. The number of hydrogen-bond donors (Lipinski definition) is 1. The van der Waals surface area contributed by atoms with Gasteiger partial charge in [0.2, 0.25) is 0 Å². The first-order valence-electron chi connectivity index (χ1n) is 6.21. The largest absolute Gasteiger partial charge is 0.319 e. The Kier molecular flexibility index (Phi) is 3.51. The lowest BCUT2D eigenvalue weighted by Gasteiger charge is -2.14. The summed E-state index contributed by atoms with van der Waals surface area (Å²) in [5.74, 6) is -0.272. The highest BCUT2D eigenvalue weighted by atomic mass is 79.9. The van der Waals surface area contributed by atoms with E-state index in [-0.39, 0.29) is 5.82 Å². The van der Waals surface area contributed by atoms with Gasteiger partial charge in [0, 0.05) is 9.86 Å². The molecule has 1 heterocycles. The molecule has 1 unspecified atom stereocenters. The number of pyridine rings is 1. The summed E-state index contributed by atoms with van der Waals surface area (Å²) < 4.78 is 13.8. The fraction of sp³-hybridized carbons (Fsp3) is 0.0625. The van der Waals surface area contributed by atoms with E-state index in [1.807, 2.05) is 30.3 Å². The molecule has 0 spiro atoms. The highest BCUT2D eigenvalue weighted by Crippen LogP contribution is 2.28. The van der Waals surface area contributed by atoms with Crippen molar-refractivity contribution in [2.75, 3.05) is 0 Å². The molecule has 0 saturated carbocycles. The molecule has 100 valence electrons. The van der Waals surface area contributed by atoms with Crippen molar-refractivity contribution in [3.05, 3.63) is 76.1 Å². The molecule has 2 N–H and O–H groups in total. The van der Waals surface area contributed by atoms with Crippen LogP contribution in [0.2, 0.25) is 0 Å². The third-order valence-electron chi connectivity index (χ3n) is 3.23. The molecule has 3 rings (SSSR count). The van der Waals surface area contributed by atoms with Crippen molar-refractivity contribution in [1.29, 1.82) is 0 Å². The van der Waals surface area contributed by atoms with E-state index in [1.54, 1.807) is 12.1 Å². The van der Waals surface area contributed by atoms with Gasteiger partial charge in [0.05, 0.1) is 17.3 Å². The average molecular weight is 331 g/mol. The van der Waals surface area contributed by atoms with E-state index in [4.69, 9.17) is 5.73 Å². The molecule has 2 aromatic carbocycles. The summed E-state index contributed by atoms with van der Waals surface area (Å²) in [6, 6.07) is 15.6. The van der Waals surface area contributed by atoms with Crippen LogP contribution < -0.4 is 5.73 Å². The van der Waals surface area contributed by atoms with Crippen molar-refractivity contribution < 1.29 is 4.39 Å². The minimum absolute atomic E-state index is 0.272. The van der Waals surface area contributed by atoms with Gasteiger partial charge in [-0.25, -0.2) is 9.37 Å². The van der Waals surface area contributed by atoms with E-state index in [0.717, 1.165) is 26.6 Å². The summed E-state index contributed by atoms with van der Waals surface area (Å²) in [5.41, 5.74) is 8.71. The normalized spacial score (nSPS) is 12.6. The van der Waals surface area contributed by atoms with Gasteiger partial charge < -0.3 is 5.73 Å². The fourth-order valence-electron chi connectivity index (χ4n) is 2.15. The number of rotatable bonds is 2. The molecule has 0 bridgehead atoms. The topological polar surface area (TPSA) is 38.9 Å². The predicted molar refractivity (Wildman–Crippen MR) is 81.9 cm³/mol. The molecule has 4 heteroatoms. The Morgan fingerprint density at radius 2 is 1.75 bits per heavy atom. The van der Waals surface area contributed by atoms with Crippen molar-refractivity contribution >= 4 is 26.8 Å². The SMILES string of the molecule is NC(c1ccc(F)cc1)c1nc2ccccc2cc1Br. The summed E-state index contributed by atoms with van der Waals surface area (Å²) in [7, 11) is 0. The quantitative estimate of drug-likeness (QED) is 0.765. The van der Waals surface area contributed by atoms with Gasteiger partial charge in [-0.05, 0) is 45.8 Å². The third kappa shape index (κ3) is 2.44. The molecular formula is C16H12BrFN2. The van der Waals surface area contributed by atoms with Gasteiger partial charge >= 0.3 is 0 Å². The molecule has 0 aliphatic carbocycles. The minimum Gasteiger partial charge on any atom is -0.319 e. The molecule has 2 nitrogen and oxygen atoms in total. The number of aromatic nitrogens is 1. The molecule has 0 aliphatic heterocycles. The highest BCUT2D eigenvalue weighted by molar-refractivity contribution is 9.10. The van der Waals surface area contributed by atoms with Gasteiger partial charge in [-0.3, -0.25) is 0 Å². The molecule has 1 aromatic heterocycles. The number of halogens is 2. The Bertz CT molecular complexity index is 756. The molecule has 1 atom stereocenters. The van der Waals surface area contributed by atoms with Crippen molar-refractivity contribution in [1.82, 2.24) is 4.98 Å². The second kappa shape index (κ2) is 5.31. The van der Waals surface area contributed by atoms with E-state index in [1.165, 1.54) is 12.1 Å². The second-order valence-corrected chi connectivity index (χ2v) is 5.43. The van der Waals surface area contributed by atoms with Crippen LogP contribution in [0.4, 0.5) is 4.39 Å². The van der Waals surface area contributed by atoms with Crippen LogP contribution >= 0.6 is 15.9 Å². The van der Waals surface area contributed by atoms with Crippen molar-refractivity contribution in [3.63, 3.8) is 0 Å². The molecule has 0 aliphatic rings. The van der Waals surface area contributed by atoms with Gasteiger partial charge in [0.25, 0.3) is 0 Å². The Balaban J connectivity index is 2.08. The average Bonchev–Trinajstić information content (AvgIpc) is 2.46. The van der Waals surface area contributed by atoms with Crippen molar-refractivity contribution in [2.45, 2.75) is 6.04 Å². The summed E-state index contributed by atoms with van der Waals surface area (Å²) in [4.78, 5) is 4.61. The van der Waals surface area contributed by atoms with E-state index in [9.17, 15) is 4.39 Å². The van der Waals surface area contributed by atoms with Gasteiger partial charge in [0.15, 0.2) is 0 Å². The maximum Gasteiger partial charge on any atom is 0.123 e. The van der Waals surface area contributed by atoms with Crippen LogP contribution in [-0.2, 0) is 0 Å². The monoisotopic (exact) mass is 330 g/mol. The molecular weight excluding hydrogens is 319 g/mol. The maximum atomic E-state index is 13.0. The van der Waals surface area contributed by atoms with Crippen LogP contribution in [0.25, 0.3) is 10.9 Å². The lowest BCUT2D eigenvalue weighted by Crippen LogP contribution is -2.14. The number of para-hydroxylation sites is 1. The summed E-state index contributed by atoms with van der Waals surface area (Å²) in [6.07, 6.45) is 0. The van der Waals surface area contributed by atoms with Crippen LogP contribution in [0.1, 0.15) is 17.3 Å².